The molecule has 0 aliphatic carbocycles. The van der Waals surface area contributed by atoms with E-state index in [1.807, 2.05) is 6.07 Å². The van der Waals surface area contributed by atoms with E-state index in [9.17, 15) is 4.39 Å². The molecule has 1 atom stereocenters. The van der Waals surface area contributed by atoms with Gasteiger partial charge in [-0.2, -0.15) is 0 Å². The van der Waals surface area contributed by atoms with Crippen molar-refractivity contribution in [3.05, 3.63) is 48.3 Å². The monoisotopic (exact) mass is 253 g/mol. The van der Waals surface area contributed by atoms with Crippen LogP contribution in [0.25, 0.3) is 0 Å². The van der Waals surface area contributed by atoms with Crippen molar-refractivity contribution >= 4 is 0 Å². The van der Waals surface area contributed by atoms with Crippen molar-refractivity contribution in [3.63, 3.8) is 0 Å². The molecule has 1 aromatic carbocycles. The Morgan fingerprint density at radius 3 is 2.83 bits per heavy atom. The molecule has 18 heavy (non-hydrogen) atoms. The number of hydrogen-bond donors (Lipinski definition) is 2. The average molecular weight is 253 g/mol. The normalized spacial score (nSPS) is 12.3. The molecule has 3 nitrogen and oxygen atoms in total. The van der Waals surface area contributed by atoms with Crippen LogP contribution in [0.3, 0.4) is 0 Å². The van der Waals surface area contributed by atoms with Gasteiger partial charge in [-0.15, -0.1) is 6.58 Å². The third-order valence-corrected chi connectivity index (χ3v) is 2.56. The van der Waals surface area contributed by atoms with Crippen LogP contribution in [0.5, 0.6) is 0 Å². The number of ether oxygens (including phenoxy) is 1. The van der Waals surface area contributed by atoms with Gasteiger partial charge in [0, 0.05) is 18.2 Å². The van der Waals surface area contributed by atoms with Crippen LogP contribution < -0.4 is 5.32 Å². The summed E-state index contributed by atoms with van der Waals surface area (Å²) in [6.07, 6.45) is 2.42. The summed E-state index contributed by atoms with van der Waals surface area (Å²) in [4.78, 5) is 0. The first-order valence-electron chi connectivity index (χ1n) is 6.07. The summed E-state index contributed by atoms with van der Waals surface area (Å²) in [6, 6.07) is 6.62. The number of benzene rings is 1. The fourth-order valence-electron chi connectivity index (χ4n) is 1.72. The van der Waals surface area contributed by atoms with Crippen molar-refractivity contribution in [2.24, 2.45) is 0 Å². The summed E-state index contributed by atoms with van der Waals surface area (Å²) in [5.74, 6) is -0.215. The average Bonchev–Trinajstić information content (AvgIpc) is 2.38. The molecule has 100 valence electrons. The lowest BCUT2D eigenvalue weighted by molar-refractivity contribution is 0.0925. The minimum atomic E-state index is -0.215. The van der Waals surface area contributed by atoms with Gasteiger partial charge in [-0.1, -0.05) is 24.3 Å². The van der Waals surface area contributed by atoms with E-state index < -0.39 is 0 Å². The highest BCUT2D eigenvalue weighted by atomic mass is 19.1. The summed E-state index contributed by atoms with van der Waals surface area (Å²) >= 11 is 0. The number of halogens is 1. The van der Waals surface area contributed by atoms with E-state index in [4.69, 9.17) is 9.84 Å². The highest BCUT2D eigenvalue weighted by Gasteiger charge is 2.12. The quantitative estimate of drug-likeness (QED) is 0.523. The number of aliphatic hydroxyl groups is 1. The number of rotatable bonds is 9. The minimum Gasteiger partial charge on any atom is -0.394 e. The molecule has 4 heteroatoms. The molecule has 0 spiro atoms. The second-order valence-corrected chi connectivity index (χ2v) is 3.89. The van der Waals surface area contributed by atoms with Crippen molar-refractivity contribution < 1.29 is 14.2 Å². The number of nitrogens with one attached hydrogen (secondary N) is 1. The first-order chi connectivity index (χ1) is 8.79. The molecule has 0 amide bonds. The van der Waals surface area contributed by atoms with Crippen LogP contribution in [-0.2, 0) is 4.74 Å². The maximum atomic E-state index is 13.7. The second-order valence-electron chi connectivity index (χ2n) is 3.89. The van der Waals surface area contributed by atoms with Gasteiger partial charge in [0.25, 0.3) is 0 Å². The topological polar surface area (TPSA) is 41.5 Å². The van der Waals surface area contributed by atoms with Crippen LogP contribution in [0.1, 0.15) is 18.0 Å². The maximum Gasteiger partial charge on any atom is 0.127 e. The van der Waals surface area contributed by atoms with Gasteiger partial charge in [0.1, 0.15) is 5.82 Å². The molecule has 0 saturated carbocycles. The predicted octanol–water partition coefficient (Wildman–Crippen LogP) is 2.04. The SMILES string of the molecule is C=CCC(NCCOCCO)c1ccccc1F. The fourth-order valence-corrected chi connectivity index (χ4v) is 1.72. The van der Waals surface area contributed by atoms with Gasteiger partial charge < -0.3 is 15.2 Å². The fraction of sp³-hybridized carbons (Fsp3) is 0.429. The van der Waals surface area contributed by atoms with Crippen LogP contribution in [0.2, 0.25) is 0 Å². The highest BCUT2D eigenvalue weighted by Crippen LogP contribution is 2.19. The summed E-state index contributed by atoms with van der Waals surface area (Å²) < 4.78 is 18.8. The first-order valence-corrected chi connectivity index (χ1v) is 6.07. The van der Waals surface area contributed by atoms with E-state index >= 15 is 0 Å². The summed E-state index contributed by atoms with van der Waals surface area (Å²) in [5.41, 5.74) is 0.638. The third-order valence-electron chi connectivity index (χ3n) is 2.56. The Hall–Kier alpha value is -1.23. The zero-order valence-electron chi connectivity index (χ0n) is 10.4. The summed E-state index contributed by atoms with van der Waals surface area (Å²) in [7, 11) is 0. The minimum absolute atomic E-state index is 0.0173. The Balaban J connectivity index is 2.49. The van der Waals surface area contributed by atoms with E-state index in [-0.39, 0.29) is 18.5 Å². The molecular weight excluding hydrogens is 233 g/mol. The molecule has 1 aromatic rings. The molecule has 1 rings (SSSR count). The van der Waals surface area contributed by atoms with E-state index in [0.717, 1.165) is 0 Å². The van der Waals surface area contributed by atoms with E-state index in [2.05, 4.69) is 11.9 Å². The number of aliphatic hydroxyl groups excluding tert-OH is 1. The van der Waals surface area contributed by atoms with Gasteiger partial charge in [0.05, 0.1) is 19.8 Å². The standard InChI is InChI=1S/C14H20FNO2/c1-2-5-14(16-8-10-18-11-9-17)12-6-3-4-7-13(12)15/h2-4,6-7,14,16-17H,1,5,8-11H2. The van der Waals surface area contributed by atoms with E-state index in [0.29, 0.717) is 31.7 Å². The molecular formula is C14H20FNO2. The molecule has 0 fully saturated rings. The molecule has 1 unspecified atom stereocenters. The Labute approximate surface area is 107 Å². The molecule has 0 radical (unpaired) electrons. The van der Waals surface area contributed by atoms with Gasteiger partial charge in [-0.05, 0) is 12.5 Å². The van der Waals surface area contributed by atoms with Gasteiger partial charge >= 0.3 is 0 Å². The largest absolute Gasteiger partial charge is 0.394 e. The lowest BCUT2D eigenvalue weighted by atomic mass is 10.0. The summed E-state index contributed by atoms with van der Waals surface area (Å²) in [5, 5.41) is 11.8. The molecule has 0 aliphatic heterocycles. The van der Waals surface area contributed by atoms with Gasteiger partial charge in [-0.3, -0.25) is 0 Å². The molecule has 0 bridgehead atoms. The van der Waals surface area contributed by atoms with Crippen LogP contribution in [0.4, 0.5) is 4.39 Å². The van der Waals surface area contributed by atoms with E-state index in [1.165, 1.54) is 6.07 Å². The van der Waals surface area contributed by atoms with Gasteiger partial charge in [0.15, 0.2) is 0 Å². The second kappa shape index (κ2) is 8.80. The molecule has 0 aromatic heterocycles. The van der Waals surface area contributed by atoms with Crippen molar-refractivity contribution in [1.29, 1.82) is 0 Å². The Morgan fingerprint density at radius 1 is 1.39 bits per heavy atom. The summed E-state index contributed by atoms with van der Waals surface area (Å²) in [6.45, 7) is 5.12. The van der Waals surface area contributed by atoms with Gasteiger partial charge in [0.2, 0.25) is 0 Å². The van der Waals surface area contributed by atoms with Crippen LogP contribution in [0, 0.1) is 5.82 Å². The van der Waals surface area contributed by atoms with Crippen molar-refractivity contribution in [3.8, 4) is 0 Å². The van der Waals surface area contributed by atoms with Crippen molar-refractivity contribution in [1.82, 2.24) is 5.32 Å². The molecule has 0 aliphatic rings. The molecule has 2 N–H and O–H groups in total. The highest BCUT2D eigenvalue weighted by molar-refractivity contribution is 5.21. The van der Waals surface area contributed by atoms with Crippen LogP contribution >= 0.6 is 0 Å². The first kappa shape index (κ1) is 14.8. The lowest BCUT2D eigenvalue weighted by Gasteiger charge is -2.18. The molecule has 0 saturated heterocycles. The van der Waals surface area contributed by atoms with Crippen LogP contribution in [-0.4, -0.2) is 31.5 Å². The Morgan fingerprint density at radius 2 is 2.17 bits per heavy atom. The van der Waals surface area contributed by atoms with Crippen LogP contribution in [0.15, 0.2) is 36.9 Å². The van der Waals surface area contributed by atoms with Gasteiger partial charge in [-0.25, -0.2) is 4.39 Å². The molecule has 0 heterocycles. The lowest BCUT2D eigenvalue weighted by Crippen LogP contribution is -2.26. The zero-order chi connectivity index (χ0) is 13.2. The van der Waals surface area contributed by atoms with E-state index in [1.54, 1.807) is 18.2 Å². The van der Waals surface area contributed by atoms with Crippen molar-refractivity contribution in [2.45, 2.75) is 12.5 Å². The predicted molar refractivity (Wildman–Crippen MR) is 69.9 cm³/mol. The smallest absolute Gasteiger partial charge is 0.127 e. The van der Waals surface area contributed by atoms with Crippen molar-refractivity contribution in [2.75, 3.05) is 26.4 Å². The zero-order valence-corrected chi connectivity index (χ0v) is 10.4. The number of hydrogen-bond acceptors (Lipinski definition) is 3. The Kier molecular flexibility index (Phi) is 7.25. The Bertz CT molecular complexity index is 357. The maximum absolute atomic E-state index is 13.7. The third kappa shape index (κ3) is 4.96.